The highest BCUT2D eigenvalue weighted by molar-refractivity contribution is 7.89. The summed E-state index contributed by atoms with van der Waals surface area (Å²) in [5.74, 6) is -0.162. The number of amides is 1. The molecular formula is C21H27N3O3S. The van der Waals surface area contributed by atoms with Crippen molar-refractivity contribution in [2.24, 2.45) is 0 Å². The molecule has 0 atom stereocenters. The standard InChI is InChI=1S/C21H27N3O3S/c1-17-8-9-20(14-18(17)2)28(26,27)24(15-19-6-4-3-5-7-19)16-21(25)23-12-10-22-11-13-23/h3-9,14,22H,10-13,15-16H2,1-2H3. The van der Waals surface area contributed by atoms with Crippen LogP contribution in [-0.2, 0) is 21.4 Å². The van der Waals surface area contributed by atoms with Gasteiger partial charge in [-0.25, -0.2) is 8.42 Å². The van der Waals surface area contributed by atoms with E-state index in [4.69, 9.17) is 0 Å². The maximum absolute atomic E-state index is 13.4. The van der Waals surface area contributed by atoms with Crippen molar-refractivity contribution in [1.29, 1.82) is 0 Å². The smallest absolute Gasteiger partial charge is 0.243 e. The second-order valence-electron chi connectivity index (χ2n) is 7.14. The summed E-state index contributed by atoms with van der Waals surface area (Å²) in [7, 11) is -3.80. The number of carbonyl (C=O) groups excluding carboxylic acids is 1. The number of rotatable bonds is 6. The lowest BCUT2D eigenvalue weighted by Crippen LogP contribution is -2.50. The Kier molecular flexibility index (Phi) is 6.49. The lowest BCUT2D eigenvalue weighted by atomic mass is 10.1. The molecule has 2 aromatic carbocycles. The molecule has 0 spiro atoms. The Morgan fingerprint density at radius 2 is 1.71 bits per heavy atom. The summed E-state index contributed by atoms with van der Waals surface area (Å²) in [5, 5.41) is 3.20. The van der Waals surface area contributed by atoms with Crippen LogP contribution in [-0.4, -0.2) is 56.3 Å². The van der Waals surface area contributed by atoms with Crippen molar-refractivity contribution in [1.82, 2.24) is 14.5 Å². The molecule has 0 bridgehead atoms. The van der Waals surface area contributed by atoms with E-state index >= 15 is 0 Å². The number of hydrogen-bond donors (Lipinski definition) is 1. The Morgan fingerprint density at radius 3 is 2.36 bits per heavy atom. The highest BCUT2D eigenvalue weighted by Gasteiger charge is 2.29. The highest BCUT2D eigenvalue weighted by Crippen LogP contribution is 2.21. The predicted octanol–water partition coefficient (Wildman–Crippen LogP) is 1.93. The van der Waals surface area contributed by atoms with Crippen LogP contribution in [0.1, 0.15) is 16.7 Å². The molecular weight excluding hydrogens is 374 g/mol. The van der Waals surface area contributed by atoms with Crippen molar-refractivity contribution >= 4 is 15.9 Å². The lowest BCUT2D eigenvalue weighted by Gasteiger charge is -2.30. The summed E-state index contributed by atoms with van der Waals surface area (Å²) >= 11 is 0. The molecule has 1 fully saturated rings. The summed E-state index contributed by atoms with van der Waals surface area (Å²) in [5.41, 5.74) is 2.79. The van der Waals surface area contributed by atoms with E-state index in [1.807, 2.05) is 44.2 Å². The van der Waals surface area contributed by atoms with Gasteiger partial charge in [0, 0.05) is 32.7 Å². The Labute approximate surface area is 167 Å². The number of nitrogens with zero attached hydrogens (tertiary/aromatic N) is 2. The molecule has 2 aromatic rings. The van der Waals surface area contributed by atoms with E-state index in [2.05, 4.69) is 5.32 Å². The number of piperazine rings is 1. The van der Waals surface area contributed by atoms with Gasteiger partial charge in [0.25, 0.3) is 0 Å². The minimum Gasteiger partial charge on any atom is -0.339 e. The van der Waals surface area contributed by atoms with Gasteiger partial charge in [-0.1, -0.05) is 36.4 Å². The second-order valence-corrected chi connectivity index (χ2v) is 9.07. The van der Waals surface area contributed by atoms with E-state index in [1.165, 1.54) is 4.31 Å². The topological polar surface area (TPSA) is 69.7 Å². The number of sulfonamides is 1. The molecule has 0 radical (unpaired) electrons. The molecule has 1 aliphatic heterocycles. The van der Waals surface area contributed by atoms with E-state index in [0.29, 0.717) is 13.1 Å². The quantitative estimate of drug-likeness (QED) is 0.803. The SMILES string of the molecule is Cc1ccc(S(=O)(=O)N(CC(=O)N2CCNCC2)Cc2ccccc2)cc1C. The summed E-state index contributed by atoms with van der Waals surface area (Å²) < 4.78 is 28.0. The average molecular weight is 402 g/mol. The van der Waals surface area contributed by atoms with Gasteiger partial charge in [-0.2, -0.15) is 4.31 Å². The van der Waals surface area contributed by atoms with Crippen LogP contribution in [0.2, 0.25) is 0 Å². The molecule has 28 heavy (non-hydrogen) atoms. The number of carbonyl (C=O) groups is 1. The van der Waals surface area contributed by atoms with Crippen molar-refractivity contribution < 1.29 is 13.2 Å². The fourth-order valence-corrected chi connectivity index (χ4v) is 4.66. The Bertz CT molecular complexity index is 923. The van der Waals surface area contributed by atoms with Crippen molar-refractivity contribution in [3.05, 3.63) is 65.2 Å². The van der Waals surface area contributed by atoms with E-state index in [1.54, 1.807) is 23.1 Å². The van der Waals surface area contributed by atoms with Gasteiger partial charge < -0.3 is 10.2 Å². The maximum atomic E-state index is 13.4. The molecule has 1 N–H and O–H groups in total. The first-order valence-corrected chi connectivity index (χ1v) is 10.9. The molecule has 7 heteroatoms. The molecule has 1 amide bonds. The van der Waals surface area contributed by atoms with Gasteiger partial charge in [-0.05, 0) is 42.7 Å². The Hall–Kier alpha value is -2.22. The lowest BCUT2D eigenvalue weighted by molar-refractivity contribution is -0.132. The van der Waals surface area contributed by atoms with Crippen LogP contribution in [0, 0.1) is 13.8 Å². The van der Waals surface area contributed by atoms with E-state index in [9.17, 15) is 13.2 Å². The minimum absolute atomic E-state index is 0.161. The molecule has 0 saturated carbocycles. The van der Waals surface area contributed by atoms with Gasteiger partial charge in [0.1, 0.15) is 0 Å². The van der Waals surface area contributed by atoms with E-state index < -0.39 is 10.0 Å². The van der Waals surface area contributed by atoms with Crippen molar-refractivity contribution in [2.45, 2.75) is 25.3 Å². The molecule has 3 rings (SSSR count). The first kappa shape index (κ1) is 20.5. The molecule has 0 unspecified atom stereocenters. The molecule has 0 aromatic heterocycles. The number of hydrogen-bond acceptors (Lipinski definition) is 4. The molecule has 1 heterocycles. The van der Waals surface area contributed by atoms with Crippen LogP contribution in [0.3, 0.4) is 0 Å². The van der Waals surface area contributed by atoms with Crippen molar-refractivity contribution in [3.8, 4) is 0 Å². The van der Waals surface area contributed by atoms with Gasteiger partial charge >= 0.3 is 0 Å². The summed E-state index contributed by atoms with van der Waals surface area (Å²) in [4.78, 5) is 14.7. The number of aryl methyl sites for hydroxylation is 2. The van der Waals surface area contributed by atoms with Gasteiger partial charge in [-0.15, -0.1) is 0 Å². The van der Waals surface area contributed by atoms with Crippen molar-refractivity contribution in [2.75, 3.05) is 32.7 Å². The van der Waals surface area contributed by atoms with Crippen LogP contribution in [0.25, 0.3) is 0 Å². The van der Waals surface area contributed by atoms with Crippen LogP contribution >= 0.6 is 0 Å². The highest BCUT2D eigenvalue weighted by atomic mass is 32.2. The summed E-state index contributed by atoms with van der Waals surface area (Å²) in [6.45, 7) is 6.49. The predicted molar refractivity (Wildman–Crippen MR) is 109 cm³/mol. The van der Waals surface area contributed by atoms with E-state index in [-0.39, 0.29) is 23.9 Å². The zero-order valence-electron chi connectivity index (χ0n) is 16.4. The van der Waals surface area contributed by atoms with Crippen LogP contribution in [0.5, 0.6) is 0 Å². The van der Waals surface area contributed by atoms with E-state index in [0.717, 1.165) is 29.8 Å². The first-order chi connectivity index (χ1) is 13.4. The summed E-state index contributed by atoms with van der Waals surface area (Å²) in [6.07, 6.45) is 0. The zero-order chi connectivity index (χ0) is 20.1. The van der Waals surface area contributed by atoms with Crippen molar-refractivity contribution in [3.63, 3.8) is 0 Å². The van der Waals surface area contributed by atoms with Gasteiger partial charge in [0.2, 0.25) is 15.9 Å². The van der Waals surface area contributed by atoms with Gasteiger partial charge in [-0.3, -0.25) is 4.79 Å². The molecule has 1 aliphatic rings. The van der Waals surface area contributed by atoms with Crippen LogP contribution in [0.4, 0.5) is 0 Å². The van der Waals surface area contributed by atoms with Crippen LogP contribution < -0.4 is 5.32 Å². The fraction of sp³-hybridized carbons (Fsp3) is 0.381. The molecule has 1 saturated heterocycles. The first-order valence-electron chi connectivity index (χ1n) is 9.48. The Morgan fingerprint density at radius 1 is 1.04 bits per heavy atom. The van der Waals surface area contributed by atoms with Crippen LogP contribution in [0.15, 0.2) is 53.4 Å². The third kappa shape index (κ3) is 4.79. The maximum Gasteiger partial charge on any atom is 0.243 e. The third-order valence-corrected chi connectivity index (χ3v) is 6.89. The zero-order valence-corrected chi connectivity index (χ0v) is 17.2. The number of nitrogens with one attached hydrogen (secondary N) is 1. The molecule has 0 aliphatic carbocycles. The molecule has 150 valence electrons. The Balaban J connectivity index is 1.89. The normalized spacial score (nSPS) is 15.0. The molecule has 6 nitrogen and oxygen atoms in total. The minimum atomic E-state index is -3.80. The average Bonchev–Trinajstić information content (AvgIpc) is 2.71. The monoisotopic (exact) mass is 401 g/mol. The summed E-state index contributed by atoms with van der Waals surface area (Å²) in [6, 6.07) is 14.5. The fourth-order valence-electron chi connectivity index (χ4n) is 3.20. The third-order valence-electron chi connectivity index (χ3n) is 5.10. The van der Waals surface area contributed by atoms with Gasteiger partial charge in [0.15, 0.2) is 0 Å². The second kappa shape index (κ2) is 8.86. The number of benzene rings is 2. The largest absolute Gasteiger partial charge is 0.339 e. The van der Waals surface area contributed by atoms with Gasteiger partial charge in [0.05, 0.1) is 11.4 Å².